The number of nitro groups is 1. The zero-order valence-electron chi connectivity index (χ0n) is 13.5. The van der Waals surface area contributed by atoms with Crippen molar-refractivity contribution < 1.29 is 14.5 Å². The molecular formula is C17H17N3O4S. The highest BCUT2D eigenvalue weighted by atomic mass is 32.2. The first kappa shape index (κ1) is 18.5. The van der Waals surface area contributed by atoms with Crippen LogP contribution in [-0.2, 0) is 4.79 Å². The minimum atomic E-state index is -0.742. The first-order valence-electron chi connectivity index (χ1n) is 7.44. The summed E-state index contributed by atoms with van der Waals surface area (Å²) in [5, 5.41) is 14.0. The van der Waals surface area contributed by atoms with Crippen LogP contribution in [0.3, 0.4) is 0 Å². The second-order valence-electron chi connectivity index (χ2n) is 5.29. The van der Waals surface area contributed by atoms with Crippen LogP contribution in [0.5, 0.6) is 0 Å². The van der Waals surface area contributed by atoms with Gasteiger partial charge in [-0.3, -0.25) is 19.7 Å². The molecule has 0 saturated carbocycles. The molecule has 0 aliphatic carbocycles. The van der Waals surface area contributed by atoms with Gasteiger partial charge in [-0.15, -0.1) is 11.8 Å². The molecule has 0 aromatic heterocycles. The molecular weight excluding hydrogens is 342 g/mol. The van der Waals surface area contributed by atoms with Crippen molar-refractivity contribution in [2.45, 2.75) is 17.9 Å². The van der Waals surface area contributed by atoms with Crippen LogP contribution in [-0.4, -0.2) is 22.5 Å². The number of nitrogens with two attached hydrogens (primary N) is 1. The van der Waals surface area contributed by atoms with Crippen molar-refractivity contribution in [3.8, 4) is 0 Å². The smallest absolute Gasteiger partial charge is 0.283 e. The number of nitrogens with zero attached hydrogens (tertiary/aromatic N) is 1. The maximum Gasteiger partial charge on any atom is 0.283 e. The van der Waals surface area contributed by atoms with E-state index in [9.17, 15) is 19.7 Å². The Labute approximate surface area is 148 Å². The molecule has 2 aromatic rings. The van der Waals surface area contributed by atoms with Crippen molar-refractivity contribution in [1.82, 2.24) is 5.32 Å². The number of benzene rings is 2. The van der Waals surface area contributed by atoms with E-state index < -0.39 is 10.8 Å². The van der Waals surface area contributed by atoms with Gasteiger partial charge in [0.15, 0.2) is 0 Å². The monoisotopic (exact) mass is 359 g/mol. The van der Waals surface area contributed by atoms with Crippen LogP contribution < -0.4 is 11.1 Å². The Hall–Kier alpha value is -2.87. The van der Waals surface area contributed by atoms with Gasteiger partial charge in [0, 0.05) is 11.6 Å². The van der Waals surface area contributed by atoms with Gasteiger partial charge in [-0.25, -0.2) is 0 Å². The third-order valence-corrected chi connectivity index (χ3v) is 4.54. The molecule has 2 aromatic carbocycles. The number of rotatable bonds is 7. The largest absolute Gasteiger partial charge is 0.366 e. The van der Waals surface area contributed by atoms with Gasteiger partial charge >= 0.3 is 0 Å². The van der Waals surface area contributed by atoms with Crippen LogP contribution in [0.1, 0.15) is 28.9 Å². The lowest BCUT2D eigenvalue weighted by Crippen LogP contribution is -2.28. The van der Waals surface area contributed by atoms with Crippen molar-refractivity contribution in [3.05, 3.63) is 69.8 Å². The summed E-state index contributed by atoms with van der Waals surface area (Å²) >= 11 is 1.04. The minimum absolute atomic E-state index is 0.0218. The summed E-state index contributed by atoms with van der Waals surface area (Å²) in [5.41, 5.74) is 5.91. The number of hydrogen-bond donors (Lipinski definition) is 2. The van der Waals surface area contributed by atoms with E-state index in [0.29, 0.717) is 4.90 Å². The van der Waals surface area contributed by atoms with Crippen molar-refractivity contribution in [3.63, 3.8) is 0 Å². The van der Waals surface area contributed by atoms with E-state index >= 15 is 0 Å². The van der Waals surface area contributed by atoms with Gasteiger partial charge in [0.2, 0.25) is 11.8 Å². The van der Waals surface area contributed by atoms with Gasteiger partial charge in [-0.2, -0.15) is 0 Å². The number of carbonyl (C=O) groups is 2. The second-order valence-corrected chi connectivity index (χ2v) is 6.31. The number of amides is 2. The molecule has 0 radical (unpaired) electrons. The summed E-state index contributed by atoms with van der Waals surface area (Å²) in [5.74, 6) is -0.961. The molecule has 3 N–H and O–H groups in total. The van der Waals surface area contributed by atoms with Crippen LogP contribution in [0, 0.1) is 10.1 Å². The molecule has 2 amide bonds. The van der Waals surface area contributed by atoms with Gasteiger partial charge in [-0.1, -0.05) is 30.3 Å². The molecule has 130 valence electrons. The molecule has 0 spiro atoms. The Bertz CT molecular complexity index is 796. The van der Waals surface area contributed by atoms with Crippen molar-refractivity contribution in [2.24, 2.45) is 5.73 Å². The van der Waals surface area contributed by atoms with Crippen LogP contribution in [0.25, 0.3) is 0 Å². The van der Waals surface area contributed by atoms with Gasteiger partial charge < -0.3 is 11.1 Å². The van der Waals surface area contributed by atoms with E-state index in [1.807, 2.05) is 37.3 Å². The number of primary amides is 1. The topological polar surface area (TPSA) is 115 Å². The first-order chi connectivity index (χ1) is 11.9. The molecule has 0 unspecified atom stereocenters. The Morgan fingerprint density at radius 1 is 1.24 bits per heavy atom. The fourth-order valence-corrected chi connectivity index (χ4v) is 3.00. The molecule has 7 nitrogen and oxygen atoms in total. The van der Waals surface area contributed by atoms with Crippen molar-refractivity contribution in [1.29, 1.82) is 0 Å². The number of carbonyl (C=O) groups excluding carboxylic acids is 2. The molecule has 1 atom stereocenters. The molecule has 0 heterocycles. The predicted molar refractivity (Wildman–Crippen MR) is 95.3 cm³/mol. The van der Waals surface area contributed by atoms with Gasteiger partial charge in [0.1, 0.15) is 0 Å². The standard InChI is InChI=1S/C17H17N3O4S/c1-11(12-5-3-2-4-6-12)19-16(21)10-25-15-8-7-13(17(18)22)9-14(15)20(23)24/h2-9,11H,10H2,1H3,(H2,18,22)(H,19,21)/t11-/m1/s1. The van der Waals surface area contributed by atoms with Crippen molar-refractivity contribution >= 4 is 29.3 Å². The Balaban J connectivity index is 2.02. The maximum absolute atomic E-state index is 12.1. The molecule has 0 aliphatic rings. The summed E-state index contributed by atoms with van der Waals surface area (Å²) in [4.78, 5) is 34.1. The quantitative estimate of drug-likeness (QED) is 0.448. The number of nitro benzene ring substituents is 1. The van der Waals surface area contributed by atoms with E-state index in [2.05, 4.69) is 5.32 Å². The van der Waals surface area contributed by atoms with E-state index in [4.69, 9.17) is 5.73 Å². The molecule has 0 aliphatic heterocycles. The third kappa shape index (κ3) is 5.05. The highest BCUT2D eigenvalue weighted by Crippen LogP contribution is 2.30. The van der Waals surface area contributed by atoms with Gasteiger partial charge in [-0.05, 0) is 24.6 Å². The van der Waals surface area contributed by atoms with E-state index in [1.165, 1.54) is 12.1 Å². The molecule has 0 saturated heterocycles. The van der Waals surface area contributed by atoms with Gasteiger partial charge in [0.05, 0.1) is 21.6 Å². The fourth-order valence-electron chi connectivity index (χ4n) is 2.19. The maximum atomic E-state index is 12.1. The lowest BCUT2D eigenvalue weighted by Gasteiger charge is -2.14. The minimum Gasteiger partial charge on any atom is -0.366 e. The van der Waals surface area contributed by atoms with E-state index in [-0.39, 0.29) is 29.0 Å². The first-order valence-corrected chi connectivity index (χ1v) is 8.42. The summed E-state index contributed by atoms with van der Waals surface area (Å²) in [6.45, 7) is 1.86. The van der Waals surface area contributed by atoms with E-state index in [1.54, 1.807) is 0 Å². The molecule has 0 bridgehead atoms. The van der Waals surface area contributed by atoms with Gasteiger partial charge in [0.25, 0.3) is 5.69 Å². The molecule has 2 rings (SSSR count). The molecule has 8 heteroatoms. The number of thioether (sulfide) groups is 1. The van der Waals surface area contributed by atoms with Crippen LogP contribution >= 0.6 is 11.8 Å². The Kier molecular flexibility index (Phi) is 6.13. The predicted octanol–water partition coefficient (Wildman–Crippen LogP) is 2.66. The molecule has 25 heavy (non-hydrogen) atoms. The molecule has 0 fully saturated rings. The number of nitrogens with one attached hydrogen (secondary N) is 1. The summed E-state index contributed by atoms with van der Waals surface area (Å²) in [7, 11) is 0. The number of hydrogen-bond acceptors (Lipinski definition) is 5. The summed E-state index contributed by atoms with van der Waals surface area (Å²) in [6.07, 6.45) is 0. The van der Waals surface area contributed by atoms with Crippen molar-refractivity contribution in [2.75, 3.05) is 5.75 Å². The van der Waals surface area contributed by atoms with E-state index in [0.717, 1.165) is 23.4 Å². The lowest BCUT2D eigenvalue weighted by atomic mass is 10.1. The highest BCUT2D eigenvalue weighted by molar-refractivity contribution is 8.00. The van der Waals surface area contributed by atoms with Crippen LogP contribution in [0.2, 0.25) is 0 Å². The zero-order valence-corrected chi connectivity index (χ0v) is 14.3. The highest BCUT2D eigenvalue weighted by Gasteiger charge is 2.18. The van der Waals surface area contributed by atoms with Crippen LogP contribution in [0.15, 0.2) is 53.4 Å². The third-order valence-electron chi connectivity index (χ3n) is 3.48. The average molecular weight is 359 g/mol. The average Bonchev–Trinajstić information content (AvgIpc) is 2.60. The summed E-state index contributed by atoms with van der Waals surface area (Å²) in [6, 6.07) is 13.3. The normalized spacial score (nSPS) is 11.6. The Morgan fingerprint density at radius 2 is 1.92 bits per heavy atom. The second kappa shape index (κ2) is 8.29. The van der Waals surface area contributed by atoms with Crippen LogP contribution in [0.4, 0.5) is 5.69 Å². The SMILES string of the molecule is C[C@@H](NC(=O)CSc1ccc(C(N)=O)cc1[N+](=O)[O-])c1ccccc1. The zero-order chi connectivity index (χ0) is 18.4. The fraction of sp³-hybridized carbons (Fsp3) is 0.176. The Morgan fingerprint density at radius 3 is 2.52 bits per heavy atom. The lowest BCUT2D eigenvalue weighted by molar-refractivity contribution is -0.387. The summed E-state index contributed by atoms with van der Waals surface area (Å²) < 4.78 is 0.